The zero-order valence-electron chi connectivity index (χ0n) is 19.9. The van der Waals surface area contributed by atoms with Crippen LogP contribution in [0.1, 0.15) is 44.6 Å². The summed E-state index contributed by atoms with van der Waals surface area (Å²) in [5.74, 6) is 0.716. The van der Waals surface area contributed by atoms with Crippen LogP contribution in [0.15, 0.2) is 36.4 Å². The van der Waals surface area contributed by atoms with Crippen LogP contribution in [0.3, 0.4) is 0 Å². The SMILES string of the molecule is CC1(c2ccc3c(c2)OCCCO3)NC(=O)N(CC(=O)Nc2ccc3c(c2)OC2(CCCC2)O3)C1=O. The van der Waals surface area contributed by atoms with Crippen LogP contribution in [0.25, 0.3) is 0 Å². The highest BCUT2D eigenvalue weighted by Crippen LogP contribution is 2.47. The standard InChI is InChI=1S/C26H27N3O7/c1-25(16-5-7-18-20(13-16)34-12-4-11-33-18)23(31)29(24(32)28-25)15-22(30)27-17-6-8-19-21(14-17)36-26(35-19)9-2-3-10-26/h5-8,13-14H,2-4,9-12,15H2,1H3,(H,27,30)(H,28,32). The second-order valence-electron chi connectivity index (χ2n) is 9.69. The van der Waals surface area contributed by atoms with E-state index in [0.717, 1.165) is 37.0 Å². The van der Waals surface area contributed by atoms with E-state index < -0.39 is 35.7 Å². The van der Waals surface area contributed by atoms with Gasteiger partial charge in [-0.3, -0.25) is 14.5 Å². The number of carbonyl (C=O) groups excluding carboxylic acids is 3. The summed E-state index contributed by atoms with van der Waals surface area (Å²) >= 11 is 0. The second-order valence-corrected chi connectivity index (χ2v) is 9.69. The first kappa shape index (κ1) is 22.5. The maximum absolute atomic E-state index is 13.3. The number of benzene rings is 2. The largest absolute Gasteiger partial charge is 0.490 e. The number of ether oxygens (including phenoxy) is 4. The number of nitrogens with zero attached hydrogens (tertiary/aromatic N) is 1. The monoisotopic (exact) mass is 493 g/mol. The van der Waals surface area contributed by atoms with Gasteiger partial charge >= 0.3 is 6.03 Å². The van der Waals surface area contributed by atoms with Crippen LogP contribution >= 0.6 is 0 Å². The number of anilines is 1. The van der Waals surface area contributed by atoms with Crippen molar-refractivity contribution in [1.82, 2.24) is 10.2 Å². The minimum absolute atomic E-state index is 0.427. The van der Waals surface area contributed by atoms with Gasteiger partial charge in [0.15, 0.2) is 23.0 Å². The Hall–Kier alpha value is -3.95. The number of fused-ring (bicyclic) bond motifs is 2. The fourth-order valence-electron chi connectivity index (χ4n) is 5.14. The predicted octanol–water partition coefficient (Wildman–Crippen LogP) is 3.30. The highest BCUT2D eigenvalue weighted by molar-refractivity contribution is 6.10. The van der Waals surface area contributed by atoms with Gasteiger partial charge in [0.2, 0.25) is 5.91 Å². The van der Waals surface area contributed by atoms with Crippen molar-refractivity contribution < 1.29 is 33.3 Å². The van der Waals surface area contributed by atoms with Gasteiger partial charge in [-0.25, -0.2) is 4.79 Å². The van der Waals surface area contributed by atoms with Crippen molar-refractivity contribution in [1.29, 1.82) is 0 Å². The fraction of sp³-hybridized carbons (Fsp3) is 0.423. The Bertz CT molecular complexity index is 1260. The molecule has 0 aromatic heterocycles. The number of nitrogens with one attached hydrogen (secondary N) is 2. The molecule has 1 unspecified atom stereocenters. The van der Waals surface area contributed by atoms with Gasteiger partial charge in [0.25, 0.3) is 11.7 Å². The van der Waals surface area contributed by atoms with Crippen LogP contribution in [-0.4, -0.2) is 48.3 Å². The molecular weight excluding hydrogens is 466 g/mol. The Balaban J connectivity index is 1.14. The van der Waals surface area contributed by atoms with Crippen LogP contribution in [0.4, 0.5) is 10.5 Å². The van der Waals surface area contributed by atoms with Crippen LogP contribution in [0.2, 0.25) is 0 Å². The van der Waals surface area contributed by atoms with E-state index in [0.29, 0.717) is 47.5 Å². The summed E-state index contributed by atoms with van der Waals surface area (Å²) in [6.07, 6.45) is 4.52. The molecule has 4 amide bonds. The minimum Gasteiger partial charge on any atom is -0.490 e. The van der Waals surface area contributed by atoms with E-state index in [2.05, 4.69) is 10.6 Å². The van der Waals surface area contributed by atoms with Gasteiger partial charge in [0.05, 0.1) is 13.2 Å². The summed E-state index contributed by atoms with van der Waals surface area (Å²) in [6.45, 7) is 2.23. The number of hydrogen-bond donors (Lipinski definition) is 2. The molecule has 1 saturated heterocycles. The average Bonchev–Trinajstić information content (AvgIpc) is 3.45. The molecule has 1 atom stereocenters. The summed E-state index contributed by atoms with van der Waals surface area (Å²) in [7, 11) is 0. The van der Waals surface area contributed by atoms with E-state index in [-0.39, 0.29) is 0 Å². The molecule has 1 spiro atoms. The summed E-state index contributed by atoms with van der Waals surface area (Å²) in [5, 5.41) is 5.47. The van der Waals surface area contributed by atoms with Crippen LogP contribution in [0, 0.1) is 0 Å². The molecule has 1 aliphatic carbocycles. The molecule has 2 fully saturated rings. The van der Waals surface area contributed by atoms with E-state index in [1.807, 2.05) is 0 Å². The zero-order chi connectivity index (χ0) is 24.9. The number of rotatable bonds is 4. The molecule has 10 nitrogen and oxygen atoms in total. The lowest BCUT2D eigenvalue weighted by atomic mass is 9.91. The normalized spacial score (nSPS) is 23.5. The third kappa shape index (κ3) is 3.77. The molecule has 188 valence electrons. The van der Waals surface area contributed by atoms with Gasteiger partial charge in [-0.2, -0.15) is 0 Å². The molecule has 3 aliphatic heterocycles. The zero-order valence-corrected chi connectivity index (χ0v) is 19.9. The Labute approximate surface area is 207 Å². The molecule has 1 saturated carbocycles. The quantitative estimate of drug-likeness (QED) is 0.628. The molecule has 2 aromatic rings. The fourth-order valence-corrected chi connectivity index (χ4v) is 5.14. The summed E-state index contributed by atoms with van der Waals surface area (Å²) in [6, 6.07) is 9.68. The minimum atomic E-state index is -1.34. The Morgan fingerprint density at radius 1 is 0.944 bits per heavy atom. The number of carbonyl (C=O) groups is 3. The van der Waals surface area contributed by atoms with Crippen LogP contribution in [-0.2, 0) is 15.1 Å². The van der Waals surface area contributed by atoms with Crippen molar-refractivity contribution in [3.05, 3.63) is 42.0 Å². The predicted molar refractivity (Wildman–Crippen MR) is 127 cm³/mol. The van der Waals surface area contributed by atoms with Gasteiger partial charge in [0.1, 0.15) is 12.1 Å². The van der Waals surface area contributed by atoms with E-state index in [9.17, 15) is 14.4 Å². The molecule has 0 radical (unpaired) electrons. The van der Waals surface area contributed by atoms with Gasteiger partial charge in [0, 0.05) is 31.0 Å². The molecule has 36 heavy (non-hydrogen) atoms. The lowest BCUT2D eigenvalue weighted by Crippen LogP contribution is -2.42. The third-order valence-corrected chi connectivity index (χ3v) is 7.09. The third-order valence-electron chi connectivity index (χ3n) is 7.09. The molecule has 0 bridgehead atoms. The van der Waals surface area contributed by atoms with Crippen LogP contribution < -0.4 is 29.6 Å². The van der Waals surface area contributed by atoms with Gasteiger partial charge in [-0.05, 0) is 49.6 Å². The average molecular weight is 494 g/mol. The first-order valence-electron chi connectivity index (χ1n) is 12.2. The molecular formula is C26H27N3O7. The van der Waals surface area contributed by atoms with Crippen molar-refractivity contribution in [2.24, 2.45) is 0 Å². The van der Waals surface area contributed by atoms with Gasteiger partial charge in [-0.1, -0.05) is 6.07 Å². The number of hydrogen-bond acceptors (Lipinski definition) is 7. The topological polar surface area (TPSA) is 115 Å². The maximum atomic E-state index is 13.3. The Morgan fingerprint density at radius 2 is 1.67 bits per heavy atom. The van der Waals surface area contributed by atoms with E-state index >= 15 is 0 Å². The van der Waals surface area contributed by atoms with Crippen molar-refractivity contribution in [3.8, 4) is 23.0 Å². The van der Waals surface area contributed by atoms with Crippen molar-refractivity contribution in [3.63, 3.8) is 0 Å². The smallest absolute Gasteiger partial charge is 0.325 e. The van der Waals surface area contributed by atoms with Crippen molar-refractivity contribution in [2.75, 3.05) is 25.1 Å². The van der Waals surface area contributed by atoms with Crippen molar-refractivity contribution in [2.45, 2.75) is 50.4 Å². The first-order valence-corrected chi connectivity index (χ1v) is 12.2. The number of imide groups is 1. The molecule has 3 heterocycles. The van der Waals surface area contributed by atoms with Crippen LogP contribution in [0.5, 0.6) is 23.0 Å². The Kier molecular flexibility index (Phi) is 5.20. The summed E-state index contributed by atoms with van der Waals surface area (Å²) < 4.78 is 23.4. The summed E-state index contributed by atoms with van der Waals surface area (Å²) in [4.78, 5) is 39.7. The van der Waals surface area contributed by atoms with Gasteiger partial charge in [-0.15, -0.1) is 0 Å². The molecule has 4 aliphatic rings. The number of urea groups is 1. The van der Waals surface area contributed by atoms with E-state index in [4.69, 9.17) is 18.9 Å². The molecule has 10 heteroatoms. The first-order chi connectivity index (χ1) is 17.4. The van der Waals surface area contributed by atoms with Gasteiger partial charge < -0.3 is 29.6 Å². The van der Waals surface area contributed by atoms with E-state index in [1.165, 1.54) is 0 Å². The van der Waals surface area contributed by atoms with E-state index in [1.54, 1.807) is 43.3 Å². The highest BCUT2D eigenvalue weighted by Gasteiger charge is 2.50. The molecule has 6 rings (SSSR count). The lowest BCUT2D eigenvalue weighted by molar-refractivity contribution is -0.133. The number of amides is 4. The highest BCUT2D eigenvalue weighted by atomic mass is 16.7. The molecule has 2 N–H and O–H groups in total. The maximum Gasteiger partial charge on any atom is 0.325 e. The van der Waals surface area contributed by atoms with Crippen molar-refractivity contribution >= 4 is 23.5 Å². The lowest BCUT2D eigenvalue weighted by Gasteiger charge is -2.23. The second kappa shape index (κ2) is 8.32. The molecule has 2 aromatic carbocycles. The summed E-state index contributed by atoms with van der Waals surface area (Å²) in [5.41, 5.74) is -0.295. The Morgan fingerprint density at radius 3 is 2.47 bits per heavy atom.